The van der Waals surface area contributed by atoms with Gasteiger partial charge in [0.25, 0.3) is 0 Å². The second kappa shape index (κ2) is 3.66. The molecule has 0 aliphatic carbocycles. The van der Waals surface area contributed by atoms with E-state index in [9.17, 15) is 9.59 Å². The molecule has 0 spiro atoms. The minimum absolute atomic E-state index is 0. The molecule has 0 aromatic rings. The van der Waals surface area contributed by atoms with Crippen LogP contribution in [0.4, 0.5) is 0 Å². The average molecular weight is 182 g/mol. The third-order valence-electron chi connectivity index (χ3n) is 0.571. The smallest absolute Gasteiger partial charge is 0.384 e. The second-order valence-electron chi connectivity index (χ2n) is 1.11. The quantitative estimate of drug-likeness (QED) is 0.306. The number of hydrogen-bond acceptors (Lipinski definition) is 2. The summed E-state index contributed by atoms with van der Waals surface area (Å²) >= 11 is 0. The molecule has 0 bridgehead atoms. The Morgan fingerprint density at radius 1 is 1.50 bits per heavy atom. The summed E-state index contributed by atoms with van der Waals surface area (Å²) in [4.78, 5) is 20.0. The van der Waals surface area contributed by atoms with Gasteiger partial charge in [0.1, 0.15) is 5.91 Å². The van der Waals surface area contributed by atoms with Crippen molar-refractivity contribution in [1.82, 2.24) is 5.32 Å². The van der Waals surface area contributed by atoms with E-state index in [-0.39, 0.29) is 64.1 Å². The Labute approximate surface area is 95.3 Å². The molecule has 8 heavy (non-hydrogen) atoms. The molecular formula is C4H2NO2Rb. The third-order valence-corrected chi connectivity index (χ3v) is 0.571. The number of carbonyl (C=O) groups is 2. The Hall–Kier alpha value is 0.685. The zero-order valence-electron chi connectivity index (χ0n) is 4.39. The van der Waals surface area contributed by atoms with E-state index in [1.54, 1.807) is 0 Å². The molecule has 2 amide bonds. The van der Waals surface area contributed by atoms with E-state index in [0.29, 0.717) is 0 Å². The summed E-state index contributed by atoms with van der Waals surface area (Å²) < 4.78 is 0. The van der Waals surface area contributed by atoms with Crippen LogP contribution < -0.4 is 63.5 Å². The molecule has 0 aromatic carbocycles. The van der Waals surface area contributed by atoms with Crippen LogP contribution in [0.25, 0.3) is 0 Å². The minimum Gasteiger partial charge on any atom is -0.384 e. The van der Waals surface area contributed by atoms with Crippen molar-refractivity contribution in [3.63, 3.8) is 0 Å². The summed E-state index contributed by atoms with van der Waals surface area (Å²) in [5, 5.41) is 1.97. The van der Waals surface area contributed by atoms with Gasteiger partial charge in [-0.3, -0.25) is 4.79 Å². The van der Waals surface area contributed by atoms with Crippen molar-refractivity contribution in [3.05, 3.63) is 12.2 Å². The number of nitrogens with one attached hydrogen (secondary N) is 1. The molecule has 1 N–H and O–H groups in total. The summed E-state index contributed by atoms with van der Waals surface area (Å²) in [7, 11) is 0. The first-order valence-corrected chi connectivity index (χ1v) is 1.74. The maximum absolute atomic E-state index is 10.0. The SMILES string of the molecule is O=C1[C-]=CC(=O)N1.[Rb+]. The Balaban J connectivity index is 0.000000490. The molecule has 1 rings (SSSR count). The van der Waals surface area contributed by atoms with E-state index >= 15 is 0 Å². The fourth-order valence-electron chi connectivity index (χ4n) is 0.315. The summed E-state index contributed by atoms with van der Waals surface area (Å²) in [5.41, 5.74) is 0. The van der Waals surface area contributed by atoms with Crippen LogP contribution in [0.5, 0.6) is 0 Å². The Morgan fingerprint density at radius 2 is 2.12 bits per heavy atom. The maximum Gasteiger partial charge on any atom is 1.00 e. The second-order valence-corrected chi connectivity index (χ2v) is 1.11. The van der Waals surface area contributed by atoms with Crippen molar-refractivity contribution in [2.45, 2.75) is 0 Å². The standard InChI is InChI=1S/C4H2NO2.Rb/c6-3-1-2-4(7)5-3;/h1H,(H,5,6,7);/q-1;+1. The van der Waals surface area contributed by atoms with E-state index in [1.165, 1.54) is 0 Å². The van der Waals surface area contributed by atoms with Crippen LogP contribution in [0.2, 0.25) is 0 Å². The number of rotatable bonds is 0. The van der Waals surface area contributed by atoms with Gasteiger partial charge in [0.2, 0.25) is 0 Å². The number of imide groups is 1. The summed E-state index contributed by atoms with van der Waals surface area (Å²) in [6.45, 7) is 0. The zero-order chi connectivity index (χ0) is 5.28. The van der Waals surface area contributed by atoms with E-state index in [2.05, 4.69) is 6.08 Å². The molecule has 3 nitrogen and oxygen atoms in total. The van der Waals surface area contributed by atoms with E-state index < -0.39 is 5.91 Å². The molecule has 0 atom stereocenters. The van der Waals surface area contributed by atoms with Crippen molar-refractivity contribution < 1.29 is 67.8 Å². The summed E-state index contributed by atoms with van der Waals surface area (Å²) in [6.07, 6.45) is 3.22. The van der Waals surface area contributed by atoms with E-state index in [4.69, 9.17) is 0 Å². The van der Waals surface area contributed by atoms with E-state index in [0.717, 1.165) is 6.08 Å². The van der Waals surface area contributed by atoms with Crippen LogP contribution >= 0.6 is 0 Å². The van der Waals surface area contributed by atoms with Gasteiger partial charge in [-0.2, -0.15) is 12.2 Å². The first-order chi connectivity index (χ1) is 3.29. The first-order valence-electron chi connectivity index (χ1n) is 1.74. The number of hydrogen-bond donors (Lipinski definition) is 1. The van der Waals surface area contributed by atoms with Gasteiger partial charge in [0.15, 0.2) is 0 Å². The molecule has 36 valence electrons. The van der Waals surface area contributed by atoms with Gasteiger partial charge in [-0.15, -0.1) is 0 Å². The molecule has 0 aromatic heterocycles. The maximum atomic E-state index is 10.0. The summed E-state index contributed by atoms with van der Waals surface area (Å²) in [6, 6.07) is 0. The van der Waals surface area contributed by atoms with Crippen molar-refractivity contribution in [2.75, 3.05) is 0 Å². The van der Waals surface area contributed by atoms with Crippen LogP contribution in [0, 0.1) is 6.08 Å². The largest absolute Gasteiger partial charge is 1.00 e. The van der Waals surface area contributed by atoms with Gasteiger partial charge in [0.05, 0.1) is 5.91 Å². The van der Waals surface area contributed by atoms with Crippen LogP contribution in [0.1, 0.15) is 0 Å². The fraction of sp³-hybridized carbons (Fsp3) is 0. The van der Waals surface area contributed by atoms with Gasteiger partial charge in [-0.1, -0.05) is 0 Å². The van der Waals surface area contributed by atoms with Gasteiger partial charge in [-0.25, -0.2) is 0 Å². The van der Waals surface area contributed by atoms with Gasteiger partial charge in [0, 0.05) is 0 Å². The predicted octanol–water partition coefficient (Wildman–Crippen LogP) is -3.99. The van der Waals surface area contributed by atoms with Gasteiger partial charge < -0.3 is 10.1 Å². The van der Waals surface area contributed by atoms with Crippen molar-refractivity contribution in [3.8, 4) is 0 Å². The minimum atomic E-state index is -0.454. The number of carbonyl (C=O) groups excluding carboxylic acids is 2. The fourth-order valence-corrected chi connectivity index (χ4v) is 0.315. The van der Waals surface area contributed by atoms with Gasteiger partial charge >= 0.3 is 58.2 Å². The topological polar surface area (TPSA) is 46.2 Å². The van der Waals surface area contributed by atoms with Gasteiger partial charge in [-0.05, 0) is 0 Å². The molecule has 4 heteroatoms. The van der Waals surface area contributed by atoms with Crippen LogP contribution in [-0.4, -0.2) is 11.8 Å². The van der Waals surface area contributed by atoms with Crippen molar-refractivity contribution in [1.29, 1.82) is 0 Å². The molecule has 1 aliphatic rings. The van der Waals surface area contributed by atoms with Crippen molar-refractivity contribution >= 4 is 11.8 Å². The van der Waals surface area contributed by atoms with Crippen LogP contribution in [-0.2, 0) is 9.59 Å². The summed E-state index contributed by atoms with van der Waals surface area (Å²) in [5.74, 6) is -0.838. The Kier molecular flexibility index (Phi) is 3.98. The van der Waals surface area contributed by atoms with E-state index in [1.807, 2.05) is 5.32 Å². The molecule has 0 radical (unpaired) electrons. The normalized spacial score (nSPS) is 15.5. The zero-order valence-corrected chi connectivity index (χ0v) is 9.31. The molecule has 0 saturated heterocycles. The van der Waals surface area contributed by atoms with Crippen molar-refractivity contribution in [2.24, 2.45) is 0 Å². The molecular weight excluding hydrogens is 180 g/mol. The molecule has 1 aliphatic heterocycles. The average Bonchev–Trinajstić information content (AvgIpc) is 1.87. The molecule has 0 saturated carbocycles. The molecule has 0 unspecified atom stereocenters. The predicted molar refractivity (Wildman–Crippen MR) is 21.0 cm³/mol. The molecule has 1 heterocycles. The first kappa shape index (κ1) is 8.69. The number of amides is 2. The Bertz CT molecular complexity index is 136. The third kappa shape index (κ3) is 2.30. The van der Waals surface area contributed by atoms with Crippen LogP contribution in [0.3, 0.4) is 0 Å². The molecule has 0 fully saturated rings. The monoisotopic (exact) mass is 181 g/mol. The Morgan fingerprint density at radius 3 is 2.25 bits per heavy atom. The van der Waals surface area contributed by atoms with Crippen LogP contribution in [0.15, 0.2) is 6.08 Å².